The van der Waals surface area contributed by atoms with E-state index >= 15 is 0 Å². The van der Waals surface area contributed by atoms with E-state index in [2.05, 4.69) is 9.71 Å². The van der Waals surface area contributed by atoms with Gasteiger partial charge in [-0.3, -0.25) is 19.6 Å². The summed E-state index contributed by atoms with van der Waals surface area (Å²) in [6.07, 6.45) is 0. The van der Waals surface area contributed by atoms with Gasteiger partial charge in [0.15, 0.2) is 0 Å². The van der Waals surface area contributed by atoms with E-state index in [1.165, 1.54) is 36.4 Å². The van der Waals surface area contributed by atoms with Gasteiger partial charge in [-0.2, -0.15) is 0 Å². The Balaban J connectivity index is 1.98. The van der Waals surface area contributed by atoms with E-state index < -0.39 is 14.9 Å². The number of nitro groups is 1. The molecule has 0 saturated carbocycles. The molecule has 0 amide bonds. The van der Waals surface area contributed by atoms with Crippen molar-refractivity contribution in [1.29, 1.82) is 0 Å². The van der Waals surface area contributed by atoms with Crippen LogP contribution in [-0.2, 0) is 10.0 Å². The highest BCUT2D eigenvalue weighted by Crippen LogP contribution is 2.23. The molecule has 0 atom stereocenters. The minimum Gasteiger partial charge on any atom is -0.312 e. The lowest BCUT2D eigenvalue weighted by molar-refractivity contribution is -0.384. The quantitative estimate of drug-likeness (QED) is 0.551. The fraction of sp³-hybridized carbons (Fsp3) is 0. The molecule has 0 aliphatic rings. The number of aromatic amines is 1. The first-order valence-electron chi connectivity index (χ1n) is 6.25. The Labute approximate surface area is 133 Å². The Hall–Kier alpha value is -2.72. The second-order valence-electron chi connectivity index (χ2n) is 4.59. The number of fused-ring (bicyclic) bond motifs is 1. The summed E-state index contributed by atoms with van der Waals surface area (Å²) in [5, 5.41) is 10.7. The van der Waals surface area contributed by atoms with E-state index in [1.54, 1.807) is 0 Å². The summed E-state index contributed by atoms with van der Waals surface area (Å²) in [5.41, 5.74) is 0.417. The predicted octanol–water partition coefficient (Wildman–Crippen LogP) is 2.30. The van der Waals surface area contributed by atoms with Crippen LogP contribution in [0.1, 0.15) is 0 Å². The van der Waals surface area contributed by atoms with Gasteiger partial charge in [-0.15, -0.1) is 0 Å². The number of nitrogens with zero attached hydrogens (tertiary/aromatic N) is 1. The molecule has 3 aromatic rings. The second kappa shape index (κ2) is 5.48. The predicted molar refractivity (Wildman–Crippen MR) is 86.4 cm³/mol. The maximum absolute atomic E-state index is 12.4. The van der Waals surface area contributed by atoms with Gasteiger partial charge in [-0.05, 0) is 24.3 Å². The van der Waals surface area contributed by atoms with Crippen molar-refractivity contribution in [1.82, 2.24) is 4.98 Å². The second-order valence-corrected chi connectivity index (χ2v) is 7.28. The van der Waals surface area contributed by atoms with Crippen LogP contribution < -0.4 is 9.60 Å². The van der Waals surface area contributed by atoms with Crippen LogP contribution in [0, 0.1) is 10.1 Å². The summed E-state index contributed by atoms with van der Waals surface area (Å²) in [4.78, 5) is 23.7. The van der Waals surface area contributed by atoms with Crippen molar-refractivity contribution < 1.29 is 13.3 Å². The highest BCUT2D eigenvalue weighted by atomic mass is 32.2. The van der Waals surface area contributed by atoms with Gasteiger partial charge in [0, 0.05) is 12.1 Å². The van der Waals surface area contributed by atoms with Crippen LogP contribution in [0.2, 0.25) is 0 Å². The molecule has 2 N–H and O–H groups in total. The van der Waals surface area contributed by atoms with Crippen LogP contribution in [0.4, 0.5) is 11.4 Å². The van der Waals surface area contributed by atoms with Gasteiger partial charge >= 0.3 is 4.87 Å². The van der Waals surface area contributed by atoms with Crippen molar-refractivity contribution >= 4 is 43.0 Å². The zero-order chi connectivity index (χ0) is 16.6. The first-order chi connectivity index (χ1) is 10.8. The summed E-state index contributed by atoms with van der Waals surface area (Å²) >= 11 is 0.902. The van der Waals surface area contributed by atoms with Crippen molar-refractivity contribution in [2.75, 3.05) is 4.72 Å². The Morgan fingerprint density at radius 3 is 2.70 bits per heavy atom. The first kappa shape index (κ1) is 15.2. The molecule has 8 nitrogen and oxygen atoms in total. The van der Waals surface area contributed by atoms with Gasteiger partial charge in [-0.1, -0.05) is 17.4 Å². The zero-order valence-electron chi connectivity index (χ0n) is 11.3. The van der Waals surface area contributed by atoms with Crippen LogP contribution in [-0.4, -0.2) is 18.3 Å². The molecule has 0 radical (unpaired) electrons. The van der Waals surface area contributed by atoms with Gasteiger partial charge < -0.3 is 4.98 Å². The monoisotopic (exact) mass is 351 g/mol. The summed E-state index contributed by atoms with van der Waals surface area (Å²) in [7, 11) is -3.92. The zero-order valence-corrected chi connectivity index (χ0v) is 13.0. The largest absolute Gasteiger partial charge is 0.312 e. The lowest BCUT2D eigenvalue weighted by atomic mass is 10.3. The van der Waals surface area contributed by atoms with Gasteiger partial charge in [-0.25, -0.2) is 8.42 Å². The number of benzene rings is 2. The van der Waals surface area contributed by atoms with E-state index in [9.17, 15) is 23.3 Å². The van der Waals surface area contributed by atoms with Crippen LogP contribution in [0.15, 0.2) is 52.2 Å². The highest BCUT2D eigenvalue weighted by Gasteiger charge is 2.17. The molecule has 1 aromatic heterocycles. The van der Waals surface area contributed by atoms with E-state index in [4.69, 9.17) is 0 Å². The van der Waals surface area contributed by atoms with Crippen LogP contribution >= 0.6 is 11.3 Å². The third-order valence-electron chi connectivity index (χ3n) is 3.01. The number of sulfonamides is 1. The van der Waals surface area contributed by atoms with Crippen LogP contribution in [0.25, 0.3) is 10.2 Å². The number of non-ortho nitro benzene ring substituents is 1. The normalized spacial score (nSPS) is 11.5. The highest BCUT2D eigenvalue weighted by molar-refractivity contribution is 7.92. The molecule has 23 heavy (non-hydrogen) atoms. The maximum atomic E-state index is 12.4. The fourth-order valence-electron chi connectivity index (χ4n) is 1.99. The van der Waals surface area contributed by atoms with Crippen LogP contribution in [0.5, 0.6) is 0 Å². The van der Waals surface area contributed by atoms with Gasteiger partial charge in [0.25, 0.3) is 15.7 Å². The molecule has 0 fully saturated rings. The molecular formula is C13H9N3O5S2. The number of hydrogen-bond donors (Lipinski definition) is 2. The topological polar surface area (TPSA) is 122 Å². The number of thiazole rings is 1. The van der Waals surface area contributed by atoms with Gasteiger partial charge in [0.05, 0.1) is 25.7 Å². The number of anilines is 1. The molecule has 10 heteroatoms. The maximum Gasteiger partial charge on any atom is 0.305 e. The van der Waals surface area contributed by atoms with Crippen molar-refractivity contribution in [2.24, 2.45) is 0 Å². The minimum atomic E-state index is -3.92. The molecular weight excluding hydrogens is 342 g/mol. The molecule has 3 rings (SSSR count). The Bertz CT molecular complexity index is 1070. The van der Waals surface area contributed by atoms with Crippen molar-refractivity contribution in [2.45, 2.75) is 4.90 Å². The molecule has 0 saturated heterocycles. The molecule has 0 aliphatic heterocycles. The summed E-state index contributed by atoms with van der Waals surface area (Å²) in [6, 6.07) is 9.41. The van der Waals surface area contributed by atoms with E-state index in [0.29, 0.717) is 10.2 Å². The van der Waals surface area contributed by atoms with Crippen LogP contribution in [0.3, 0.4) is 0 Å². The SMILES string of the molecule is O=c1[nH]c2ccc(S(=O)(=O)Nc3cccc([N+](=O)[O-])c3)cc2s1. The molecule has 2 aromatic carbocycles. The average Bonchev–Trinajstić information content (AvgIpc) is 2.86. The molecule has 0 spiro atoms. The Kier molecular flexibility index (Phi) is 3.62. The number of H-pyrrole nitrogens is 1. The lowest BCUT2D eigenvalue weighted by Gasteiger charge is -2.08. The third kappa shape index (κ3) is 3.07. The number of hydrogen-bond acceptors (Lipinski definition) is 6. The fourth-order valence-corrected chi connectivity index (χ4v) is 3.92. The smallest absolute Gasteiger partial charge is 0.305 e. The third-order valence-corrected chi connectivity index (χ3v) is 5.24. The lowest BCUT2D eigenvalue weighted by Crippen LogP contribution is -2.12. The molecule has 118 valence electrons. The minimum absolute atomic E-state index is 0.0354. The summed E-state index contributed by atoms with van der Waals surface area (Å²) in [5.74, 6) is 0. The van der Waals surface area contributed by atoms with Gasteiger partial charge in [0.1, 0.15) is 0 Å². The number of rotatable bonds is 4. The standard InChI is InChI=1S/C13H9N3O5S2/c17-13-14-11-5-4-10(7-12(11)22-13)23(20,21)15-8-2-1-3-9(6-8)16(18)19/h1-7,15H,(H,14,17). The van der Waals surface area contributed by atoms with E-state index in [-0.39, 0.29) is 21.1 Å². The Morgan fingerprint density at radius 2 is 1.96 bits per heavy atom. The summed E-state index contributed by atoms with van der Waals surface area (Å²) in [6.45, 7) is 0. The Morgan fingerprint density at radius 1 is 1.17 bits per heavy atom. The average molecular weight is 351 g/mol. The number of nitro benzene ring substituents is 1. The molecule has 1 heterocycles. The van der Waals surface area contributed by atoms with Crippen molar-refractivity contribution in [3.05, 3.63) is 62.2 Å². The van der Waals surface area contributed by atoms with E-state index in [0.717, 1.165) is 17.4 Å². The van der Waals surface area contributed by atoms with Crippen molar-refractivity contribution in [3.63, 3.8) is 0 Å². The molecule has 0 aliphatic carbocycles. The van der Waals surface area contributed by atoms with Gasteiger partial charge in [0.2, 0.25) is 0 Å². The number of nitrogens with one attached hydrogen (secondary N) is 2. The number of aromatic nitrogens is 1. The first-order valence-corrected chi connectivity index (χ1v) is 8.55. The molecule has 0 unspecified atom stereocenters. The molecule has 0 bridgehead atoms. The van der Waals surface area contributed by atoms with E-state index in [1.807, 2.05) is 0 Å². The van der Waals surface area contributed by atoms with Crippen molar-refractivity contribution in [3.8, 4) is 0 Å². The summed E-state index contributed by atoms with van der Waals surface area (Å²) < 4.78 is 27.5.